The van der Waals surface area contributed by atoms with Crippen LogP contribution in [0.4, 0.5) is 0 Å². The second kappa shape index (κ2) is 5.84. The average molecular weight is 284 g/mol. The van der Waals surface area contributed by atoms with Gasteiger partial charge in [-0.2, -0.15) is 0 Å². The van der Waals surface area contributed by atoms with Crippen LogP contribution in [-0.2, 0) is 4.79 Å². The molecule has 0 spiro atoms. The molecule has 1 rings (SSSR count). The first-order valence-corrected chi connectivity index (χ1v) is 9.37. The van der Waals surface area contributed by atoms with Crippen LogP contribution in [-0.4, -0.2) is 21.3 Å². The molecule has 0 bridgehead atoms. The van der Waals surface area contributed by atoms with Crippen molar-refractivity contribution in [3.63, 3.8) is 0 Å². The Balaban J connectivity index is 3.41. The number of hydrogen-bond donors (Lipinski definition) is 0. The molecule has 0 aromatic rings. The van der Waals surface area contributed by atoms with Gasteiger partial charge >= 0.3 is 0 Å². The highest BCUT2D eigenvalue weighted by Crippen LogP contribution is 2.75. The Morgan fingerprint density at radius 1 is 0.895 bits per heavy atom. The van der Waals surface area contributed by atoms with E-state index in [4.69, 9.17) is 0 Å². The van der Waals surface area contributed by atoms with Crippen molar-refractivity contribution in [2.75, 3.05) is 0 Å². The fraction of sp³-hybridized carbons (Fsp3) is 0.941. The molecular formula is C17H33OP. The second-order valence-corrected chi connectivity index (χ2v) is 11.2. The Hall–Kier alpha value is 0.100. The molecule has 0 N–H and O–H groups in total. The largest absolute Gasteiger partial charge is 0.300 e. The smallest absolute Gasteiger partial charge is 0.134 e. The van der Waals surface area contributed by atoms with E-state index in [2.05, 4.69) is 48.5 Å². The van der Waals surface area contributed by atoms with E-state index in [-0.39, 0.29) is 18.2 Å². The van der Waals surface area contributed by atoms with Gasteiger partial charge in [-0.05, 0) is 41.2 Å². The van der Waals surface area contributed by atoms with Crippen molar-refractivity contribution < 1.29 is 4.79 Å². The third-order valence-electron chi connectivity index (χ3n) is 5.30. The molecule has 0 aromatic carbocycles. The van der Waals surface area contributed by atoms with E-state index in [1.807, 2.05) is 0 Å². The van der Waals surface area contributed by atoms with Gasteiger partial charge in [0.1, 0.15) is 5.78 Å². The van der Waals surface area contributed by atoms with Crippen molar-refractivity contribution in [3.05, 3.63) is 0 Å². The highest BCUT2D eigenvalue weighted by molar-refractivity contribution is 7.62. The van der Waals surface area contributed by atoms with Gasteiger partial charge in [0.2, 0.25) is 0 Å². The molecule has 2 heteroatoms. The summed E-state index contributed by atoms with van der Waals surface area (Å²) in [6.45, 7) is 16.5. The van der Waals surface area contributed by atoms with Gasteiger partial charge in [-0.15, -0.1) is 0 Å². The lowest BCUT2D eigenvalue weighted by Crippen LogP contribution is -2.50. The molecule has 1 heterocycles. The first-order chi connectivity index (χ1) is 8.71. The van der Waals surface area contributed by atoms with Crippen LogP contribution >= 0.6 is 7.92 Å². The zero-order valence-electron chi connectivity index (χ0n) is 14.1. The Morgan fingerprint density at radius 3 is 1.42 bits per heavy atom. The maximum absolute atomic E-state index is 12.4. The summed E-state index contributed by atoms with van der Waals surface area (Å²) < 4.78 is 0. The molecule has 0 aliphatic carbocycles. The van der Waals surface area contributed by atoms with Gasteiger partial charge in [0.15, 0.2) is 0 Å². The summed E-state index contributed by atoms with van der Waals surface area (Å²) in [6.07, 6.45) is 6.34. The molecule has 19 heavy (non-hydrogen) atoms. The van der Waals surface area contributed by atoms with Gasteiger partial charge in [0.25, 0.3) is 0 Å². The van der Waals surface area contributed by atoms with Crippen molar-refractivity contribution in [1.82, 2.24) is 0 Å². The SMILES string of the molecule is CCC1(CC)CC(=O)CC(CC)(CC)P1C(C)(C)C. The van der Waals surface area contributed by atoms with E-state index < -0.39 is 0 Å². The summed E-state index contributed by atoms with van der Waals surface area (Å²) in [5.41, 5.74) is 0. The lowest BCUT2D eigenvalue weighted by atomic mass is 9.87. The van der Waals surface area contributed by atoms with E-state index >= 15 is 0 Å². The van der Waals surface area contributed by atoms with Gasteiger partial charge in [0.05, 0.1) is 0 Å². The van der Waals surface area contributed by atoms with Gasteiger partial charge < -0.3 is 0 Å². The third kappa shape index (κ3) is 2.92. The molecule has 1 fully saturated rings. The Labute approximate surface area is 121 Å². The van der Waals surface area contributed by atoms with Crippen LogP contribution in [0.2, 0.25) is 0 Å². The van der Waals surface area contributed by atoms with Crippen LogP contribution in [0.15, 0.2) is 0 Å². The Kier molecular flexibility index (Phi) is 5.27. The quantitative estimate of drug-likeness (QED) is 0.601. The molecular weight excluding hydrogens is 251 g/mol. The maximum Gasteiger partial charge on any atom is 0.134 e. The molecule has 0 aromatic heterocycles. The fourth-order valence-electron chi connectivity index (χ4n) is 4.51. The molecule has 112 valence electrons. The molecule has 0 saturated carbocycles. The van der Waals surface area contributed by atoms with Gasteiger partial charge in [-0.3, -0.25) is 4.79 Å². The first kappa shape index (κ1) is 17.2. The summed E-state index contributed by atoms with van der Waals surface area (Å²) in [6, 6.07) is 0. The van der Waals surface area contributed by atoms with E-state index in [1.165, 1.54) is 25.7 Å². The van der Waals surface area contributed by atoms with E-state index in [1.54, 1.807) is 0 Å². The minimum Gasteiger partial charge on any atom is -0.300 e. The number of ketones is 1. The highest BCUT2D eigenvalue weighted by atomic mass is 31.1. The number of carbonyl (C=O) groups is 1. The number of carbonyl (C=O) groups excluding carboxylic acids is 1. The van der Waals surface area contributed by atoms with Crippen LogP contribution in [0.3, 0.4) is 0 Å². The predicted molar refractivity (Wildman–Crippen MR) is 87.5 cm³/mol. The van der Waals surface area contributed by atoms with Crippen molar-refractivity contribution in [1.29, 1.82) is 0 Å². The van der Waals surface area contributed by atoms with Gasteiger partial charge in [0, 0.05) is 12.8 Å². The number of hydrogen-bond acceptors (Lipinski definition) is 1. The van der Waals surface area contributed by atoms with Crippen LogP contribution in [0.1, 0.15) is 87.0 Å². The van der Waals surface area contributed by atoms with Crippen molar-refractivity contribution in [3.8, 4) is 0 Å². The van der Waals surface area contributed by atoms with Crippen LogP contribution < -0.4 is 0 Å². The lowest BCUT2D eigenvalue weighted by molar-refractivity contribution is -0.121. The highest BCUT2D eigenvalue weighted by Gasteiger charge is 2.56. The zero-order chi connectivity index (χ0) is 14.9. The summed E-state index contributed by atoms with van der Waals surface area (Å²) in [4.78, 5) is 12.4. The normalized spacial score (nSPS) is 23.6. The van der Waals surface area contributed by atoms with E-state index in [9.17, 15) is 4.79 Å². The molecule has 0 radical (unpaired) electrons. The van der Waals surface area contributed by atoms with Crippen molar-refractivity contribution >= 4 is 13.7 Å². The van der Waals surface area contributed by atoms with Crippen LogP contribution in [0, 0.1) is 0 Å². The zero-order valence-corrected chi connectivity index (χ0v) is 15.0. The third-order valence-corrected chi connectivity index (χ3v) is 10.1. The van der Waals surface area contributed by atoms with E-state index in [0.717, 1.165) is 12.8 Å². The number of Topliss-reactive ketones (excluding diaryl/α,β-unsaturated/α-hetero) is 1. The summed E-state index contributed by atoms with van der Waals surface area (Å²) in [5, 5.41) is 0.915. The molecule has 0 unspecified atom stereocenters. The minimum absolute atomic E-state index is 0.156. The van der Waals surface area contributed by atoms with Crippen molar-refractivity contribution in [2.24, 2.45) is 0 Å². The maximum atomic E-state index is 12.4. The Morgan fingerprint density at radius 2 is 1.21 bits per heavy atom. The van der Waals surface area contributed by atoms with Gasteiger partial charge in [-0.1, -0.05) is 56.4 Å². The number of rotatable bonds is 4. The molecule has 0 amide bonds. The predicted octanol–water partition coefficient (Wildman–Crippen LogP) is 5.75. The molecule has 1 nitrogen and oxygen atoms in total. The summed E-state index contributed by atoms with van der Waals surface area (Å²) >= 11 is 0. The Bertz CT molecular complexity index is 295. The second-order valence-electron chi connectivity index (χ2n) is 7.26. The topological polar surface area (TPSA) is 17.1 Å². The monoisotopic (exact) mass is 284 g/mol. The lowest BCUT2D eigenvalue weighted by Gasteiger charge is -2.59. The van der Waals surface area contributed by atoms with Crippen molar-refractivity contribution in [2.45, 2.75) is 102 Å². The summed E-state index contributed by atoms with van der Waals surface area (Å²) in [7, 11) is -0.156. The van der Waals surface area contributed by atoms with Gasteiger partial charge in [-0.25, -0.2) is 0 Å². The molecule has 1 aliphatic rings. The minimum atomic E-state index is -0.156. The standard InChI is InChI=1S/C17H33OP/c1-8-16(9-2)12-14(18)13-17(10-3,11-4)19(16)15(5,6)7/h8-13H2,1-7H3. The summed E-state index contributed by atoms with van der Waals surface area (Å²) in [5.74, 6) is 0.524. The molecule has 1 saturated heterocycles. The molecule has 1 aliphatic heterocycles. The van der Waals surface area contributed by atoms with Crippen LogP contribution in [0.5, 0.6) is 0 Å². The average Bonchev–Trinajstić information content (AvgIpc) is 2.35. The van der Waals surface area contributed by atoms with Crippen LogP contribution in [0.25, 0.3) is 0 Å². The molecule has 0 atom stereocenters. The first-order valence-electron chi connectivity index (χ1n) is 8.03. The van der Waals surface area contributed by atoms with E-state index in [0.29, 0.717) is 10.9 Å². The fourth-order valence-corrected chi connectivity index (χ4v) is 10.3.